The summed E-state index contributed by atoms with van der Waals surface area (Å²) in [6.07, 6.45) is 3.10. The summed E-state index contributed by atoms with van der Waals surface area (Å²) in [5, 5.41) is 0. The molecule has 1 aromatic rings. The molecule has 0 fully saturated rings. The number of hydrogen-bond donors (Lipinski definition) is 0. The van der Waals surface area contributed by atoms with E-state index in [4.69, 9.17) is 4.74 Å². The van der Waals surface area contributed by atoms with Crippen LogP contribution in [0.2, 0.25) is 0 Å². The molecule has 0 aromatic heterocycles. The molecule has 0 saturated carbocycles. The molecule has 1 aliphatic rings. The number of carbonyl (C=O) groups excluding carboxylic acids is 3. The molecule has 1 aliphatic carbocycles. The molecule has 0 amide bonds. The van der Waals surface area contributed by atoms with Gasteiger partial charge in [0.2, 0.25) is 5.78 Å². The van der Waals surface area contributed by atoms with E-state index in [1.165, 1.54) is 13.0 Å². The van der Waals surface area contributed by atoms with E-state index < -0.39 is 11.8 Å². The third-order valence-corrected chi connectivity index (χ3v) is 2.69. The zero-order valence-corrected chi connectivity index (χ0v) is 10.6. The van der Waals surface area contributed by atoms with Gasteiger partial charge in [-0.25, -0.2) is 0 Å². The highest BCUT2D eigenvalue weighted by Gasteiger charge is 2.32. The van der Waals surface area contributed by atoms with E-state index >= 15 is 0 Å². The maximum atomic E-state index is 12.3. The van der Waals surface area contributed by atoms with Crippen molar-refractivity contribution in [1.82, 2.24) is 0 Å². The summed E-state index contributed by atoms with van der Waals surface area (Å²) in [5.41, 5.74) is 0.704. The van der Waals surface area contributed by atoms with Crippen molar-refractivity contribution in [3.05, 3.63) is 58.9 Å². The van der Waals surface area contributed by atoms with Crippen molar-refractivity contribution >= 4 is 17.5 Å². The summed E-state index contributed by atoms with van der Waals surface area (Å²) in [7, 11) is 0. The first kappa shape index (κ1) is 13.0. The van der Waals surface area contributed by atoms with Crippen LogP contribution in [0.4, 0.5) is 0 Å². The van der Waals surface area contributed by atoms with Crippen LogP contribution in [0.3, 0.4) is 0 Å². The Morgan fingerprint density at radius 2 is 1.68 bits per heavy atom. The highest BCUT2D eigenvalue weighted by Crippen LogP contribution is 2.27. The molecule has 0 bridgehead atoms. The first-order valence-corrected chi connectivity index (χ1v) is 5.80. The Morgan fingerprint density at radius 3 is 2.21 bits per heavy atom. The maximum absolute atomic E-state index is 12.3. The van der Waals surface area contributed by atoms with Crippen molar-refractivity contribution < 1.29 is 19.1 Å². The lowest BCUT2D eigenvalue weighted by Gasteiger charge is -2.18. The zero-order valence-electron chi connectivity index (χ0n) is 10.6. The number of ketones is 2. The molecule has 0 spiro atoms. The van der Waals surface area contributed by atoms with E-state index in [0.29, 0.717) is 5.56 Å². The van der Waals surface area contributed by atoms with E-state index in [-0.39, 0.29) is 22.7 Å². The highest BCUT2D eigenvalue weighted by atomic mass is 16.5. The Kier molecular flexibility index (Phi) is 3.42. The fourth-order valence-corrected chi connectivity index (χ4v) is 1.94. The lowest BCUT2D eigenvalue weighted by molar-refractivity contribution is -0.136. The van der Waals surface area contributed by atoms with E-state index in [0.717, 1.165) is 0 Å². The van der Waals surface area contributed by atoms with Crippen molar-refractivity contribution in [3.63, 3.8) is 0 Å². The Bertz CT molecular complexity index is 635. The largest absolute Gasteiger partial charge is 0.422 e. The number of hydrogen-bond acceptors (Lipinski definition) is 4. The van der Waals surface area contributed by atoms with Crippen LogP contribution >= 0.6 is 0 Å². The summed E-state index contributed by atoms with van der Waals surface area (Å²) >= 11 is 0. The average molecular weight is 256 g/mol. The number of carbonyl (C=O) groups is 3. The Balaban J connectivity index is 2.65. The van der Waals surface area contributed by atoms with Gasteiger partial charge in [-0.1, -0.05) is 36.4 Å². The van der Waals surface area contributed by atoms with E-state index in [2.05, 4.69) is 0 Å². The van der Waals surface area contributed by atoms with Crippen LogP contribution in [0.1, 0.15) is 34.6 Å². The molecule has 0 saturated heterocycles. The lowest BCUT2D eigenvalue weighted by atomic mass is 9.88. The predicted molar refractivity (Wildman–Crippen MR) is 68.7 cm³/mol. The van der Waals surface area contributed by atoms with Gasteiger partial charge in [0, 0.05) is 18.1 Å². The maximum Gasteiger partial charge on any atom is 0.308 e. The topological polar surface area (TPSA) is 60.4 Å². The molecule has 19 heavy (non-hydrogen) atoms. The van der Waals surface area contributed by atoms with Gasteiger partial charge in [0.25, 0.3) is 0 Å². The number of benzene rings is 1. The van der Waals surface area contributed by atoms with Crippen molar-refractivity contribution in [1.29, 1.82) is 0 Å². The summed E-state index contributed by atoms with van der Waals surface area (Å²) < 4.78 is 4.91. The van der Waals surface area contributed by atoms with Gasteiger partial charge in [0.15, 0.2) is 11.5 Å². The van der Waals surface area contributed by atoms with Crippen LogP contribution in [0.5, 0.6) is 0 Å². The first-order valence-electron chi connectivity index (χ1n) is 5.80. The van der Waals surface area contributed by atoms with Crippen LogP contribution in [0, 0.1) is 0 Å². The normalized spacial score (nSPS) is 14.8. The minimum atomic E-state index is -0.627. The molecule has 96 valence electrons. The second-order valence-electron chi connectivity index (χ2n) is 4.04. The van der Waals surface area contributed by atoms with Crippen molar-refractivity contribution in [3.8, 4) is 0 Å². The number of ether oxygens (including phenoxy) is 1. The number of esters is 1. The average Bonchev–Trinajstić information content (AvgIpc) is 2.39. The fourth-order valence-electron chi connectivity index (χ4n) is 1.94. The highest BCUT2D eigenvalue weighted by molar-refractivity contribution is 6.27. The van der Waals surface area contributed by atoms with Gasteiger partial charge in [0.05, 0.1) is 5.57 Å². The van der Waals surface area contributed by atoms with E-state index in [1.54, 1.807) is 37.3 Å². The van der Waals surface area contributed by atoms with Gasteiger partial charge in [-0.3, -0.25) is 14.4 Å². The Labute approximate surface area is 110 Å². The molecule has 0 atom stereocenters. The molecule has 4 heteroatoms. The third kappa shape index (κ3) is 2.25. The second-order valence-corrected chi connectivity index (χ2v) is 4.04. The van der Waals surface area contributed by atoms with Crippen LogP contribution in [0.25, 0.3) is 0 Å². The molecule has 0 radical (unpaired) electrons. The molecule has 4 nitrogen and oxygen atoms in total. The van der Waals surface area contributed by atoms with Crippen molar-refractivity contribution in [2.24, 2.45) is 0 Å². The van der Waals surface area contributed by atoms with Gasteiger partial charge < -0.3 is 4.74 Å². The molecule has 0 heterocycles. The number of allylic oxidation sites excluding steroid dienone is 4. The van der Waals surface area contributed by atoms with Crippen molar-refractivity contribution in [2.75, 3.05) is 0 Å². The monoisotopic (exact) mass is 256 g/mol. The molecule has 1 aromatic carbocycles. The molecule has 0 unspecified atom stereocenters. The smallest absolute Gasteiger partial charge is 0.308 e. The minimum Gasteiger partial charge on any atom is -0.422 e. The lowest BCUT2D eigenvalue weighted by Crippen LogP contribution is -2.23. The standard InChI is InChI=1S/C15H12O4/c1-3-6-12-13(17)10-7-4-5-8-11(10)14(18)15(12)19-9(2)16/h3-8H,1-2H3/b6-3+. The van der Waals surface area contributed by atoms with Gasteiger partial charge in [-0.15, -0.1) is 0 Å². The van der Waals surface area contributed by atoms with Crippen molar-refractivity contribution in [2.45, 2.75) is 13.8 Å². The summed E-state index contributed by atoms with van der Waals surface area (Å²) in [5.74, 6) is -1.59. The second kappa shape index (κ2) is 5.02. The Hall–Kier alpha value is -2.49. The quantitative estimate of drug-likeness (QED) is 0.762. The number of fused-ring (bicyclic) bond motifs is 1. The molecule has 0 aliphatic heterocycles. The molecule has 2 rings (SSSR count). The Morgan fingerprint density at radius 1 is 1.11 bits per heavy atom. The van der Waals surface area contributed by atoms with Crippen LogP contribution in [0.15, 0.2) is 47.7 Å². The molecular weight excluding hydrogens is 244 g/mol. The zero-order chi connectivity index (χ0) is 14.0. The summed E-state index contributed by atoms with van der Waals surface area (Å²) in [6.45, 7) is 2.91. The summed E-state index contributed by atoms with van der Waals surface area (Å²) in [6, 6.07) is 6.49. The third-order valence-electron chi connectivity index (χ3n) is 2.69. The van der Waals surface area contributed by atoms with Crippen LogP contribution < -0.4 is 0 Å². The molecular formula is C15H12O4. The van der Waals surface area contributed by atoms with Gasteiger partial charge in [-0.2, -0.15) is 0 Å². The van der Waals surface area contributed by atoms with Gasteiger partial charge >= 0.3 is 5.97 Å². The van der Waals surface area contributed by atoms with Crippen LogP contribution in [-0.2, 0) is 9.53 Å². The predicted octanol–water partition coefficient (Wildman–Crippen LogP) is 2.46. The molecule has 0 N–H and O–H groups in total. The fraction of sp³-hybridized carbons (Fsp3) is 0.133. The summed E-state index contributed by atoms with van der Waals surface area (Å²) in [4.78, 5) is 35.6. The van der Waals surface area contributed by atoms with Gasteiger partial charge in [-0.05, 0) is 6.92 Å². The van der Waals surface area contributed by atoms with E-state index in [9.17, 15) is 14.4 Å². The first-order chi connectivity index (χ1) is 9.06. The SMILES string of the molecule is C/C=C/C1=C(OC(C)=O)C(=O)c2ccccc2C1=O. The van der Waals surface area contributed by atoms with Crippen LogP contribution in [-0.4, -0.2) is 17.5 Å². The van der Waals surface area contributed by atoms with E-state index in [1.807, 2.05) is 0 Å². The minimum absolute atomic E-state index is 0.112. The number of Topliss-reactive ketones (excluding diaryl/α,β-unsaturated/α-hetero) is 2. The number of rotatable bonds is 2. The van der Waals surface area contributed by atoms with Gasteiger partial charge in [0.1, 0.15) is 0 Å².